The van der Waals surface area contributed by atoms with Crippen LogP contribution < -0.4 is 10.3 Å². The van der Waals surface area contributed by atoms with Gasteiger partial charge in [-0.1, -0.05) is 12.1 Å². The molecule has 0 aliphatic rings. The molecule has 0 atom stereocenters. The summed E-state index contributed by atoms with van der Waals surface area (Å²) in [6.45, 7) is 0.173. The molecule has 0 aliphatic carbocycles. The predicted molar refractivity (Wildman–Crippen MR) is 49.1 cm³/mol. The fourth-order valence-electron chi connectivity index (χ4n) is 1.14. The Labute approximate surface area is 78.4 Å². The standard InChI is InChI=1S/C9H6N2O3/c12-5-14-9-8(13)10-6-3-1-2-4-7(6)11-9/h1-5H,(H,10,13). The summed E-state index contributed by atoms with van der Waals surface area (Å²) in [4.78, 5) is 27.7. The van der Waals surface area contributed by atoms with Crippen molar-refractivity contribution in [2.24, 2.45) is 0 Å². The molecule has 14 heavy (non-hydrogen) atoms. The second-order valence-corrected chi connectivity index (χ2v) is 2.60. The Hall–Kier alpha value is -2.17. The number of hydrogen-bond acceptors (Lipinski definition) is 4. The molecule has 2 aromatic rings. The number of benzene rings is 1. The smallest absolute Gasteiger partial charge is 0.311 e. The number of para-hydroxylation sites is 2. The number of ether oxygens (including phenoxy) is 1. The zero-order valence-corrected chi connectivity index (χ0v) is 7.06. The van der Waals surface area contributed by atoms with Crippen LogP contribution in [0.5, 0.6) is 5.88 Å². The number of rotatable bonds is 2. The zero-order chi connectivity index (χ0) is 9.97. The van der Waals surface area contributed by atoms with Gasteiger partial charge in [0.2, 0.25) is 0 Å². The molecule has 0 spiro atoms. The second-order valence-electron chi connectivity index (χ2n) is 2.60. The van der Waals surface area contributed by atoms with Crippen LogP contribution in [0.2, 0.25) is 0 Å². The first kappa shape index (κ1) is 8.43. The zero-order valence-electron chi connectivity index (χ0n) is 7.06. The first-order chi connectivity index (χ1) is 6.81. The lowest BCUT2D eigenvalue weighted by molar-refractivity contribution is -0.121. The number of carbonyl (C=O) groups excluding carboxylic acids is 1. The first-order valence-corrected chi connectivity index (χ1v) is 3.90. The van der Waals surface area contributed by atoms with Crippen LogP contribution in [-0.2, 0) is 4.79 Å². The van der Waals surface area contributed by atoms with E-state index in [1.165, 1.54) is 0 Å². The Morgan fingerprint density at radius 3 is 2.93 bits per heavy atom. The molecule has 0 amide bonds. The van der Waals surface area contributed by atoms with Gasteiger partial charge in [-0.3, -0.25) is 9.59 Å². The molecule has 0 bridgehead atoms. The van der Waals surface area contributed by atoms with Crippen LogP contribution in [0.15, 0.2) is 29.1 Å². The van der Waals surface area contributed by atoms with Crippen LogP contribution in [-0.4, -0.2) is 16.4 Å². The number of aromatic nitrogens is 2. The highest BCUT2D eigenvalue weighted by molar-refractivity contribution is 5.74. The van der Waals surface area contributed by atoms with Crippen LogP contribution in [0.1, 0.15) is 0 Å². The maximum Gasteiger partial charge on any atom is 0.311 e. The van der Waals surface area contributed by atoms with E-state index in [2.05, 4.69) is 14.7 Å². The largest absolute Gasteiger partial charge is 0.404 e. The summed E-state index contributed by atoms with van der Waals surface area (Å²) < 4.78 is 4.41. The molecular formula is C9H6N2O3. The van der Waals surface area contributed by atoms with Gasteiger partial charge in [-0.15, -0.1) is 0 Å². The third-order valence-corrected chi connectivity index (χ3v) is 1.73. The fourth-order valence-corrected chi connectivity index (χ4v) is 1.14. The topological polar surface area (TPSA) is 72.0 Å². The van der Waals surface area contributed by atoms with Gasteiger partial charge in [0, 0.05) is 0 Å². The highest BCUT2D eigenvalue weighted by atomic mass is 16.5. The summed E-state index contributed by atoms with van der Waals surface area (Å²) in [5.41, 5.74) is 0.662. The molecule has 2 rings (SSSR count). The van der Waals surface area contributed by atoms with Gasteiger partial charge in [0.15, 0.2) is 0 Å². The summed E-state index contributed by atoms with van der Waals surface area (Å²) in [6.07, 6.45) is 0. The van der Waals surface area contributed by atoms with Crippen LogP contribution in [0.25, 0.3) is 11.0 Å². The van der Waals surface area contributed by atoms with Gasteiger partial charge in [0.1, 0.15) is 0 Å². The van der Waals surface area contributed by atoms with Crippen molar-refractivity contribution in [3.8, 4) is 5.88 Å². The van der Waals surface area contributed by atoms with E-state index in [0.717, 1.165) is 0 Å². The lowest BCUT2D eigenvalue weighted by Gasteiger charge is -1.98. The monoisotopic (exact) mass is 190 g/mol. The lowest BCUT2D eigenvalue weighted by atomic mass is 10.3. The van der Waals surface area contributed by atoms with E-state index in [1.807, 2.05) is 0 Å². The molecule has 1 aromatic carbocycles. The first-order valence-electron chi connectivity index (χ1n) is 3.90. The van der Waals surface area contributed by atoms with E-state index in [4.69, 9.17) is 0 Å². The van der Waals surface area contributed by atoms with Crippen molar-refractivity contribution in [1.29, 1.82) is 0 Å². The Bertz CT molecular complexity index is 533. The SMILES string of the molecule is O=COc1nc2ccccc2[nH]c1=O. The van der Waals surface area contributed by atoms with E-state index in [0.29, 0.717) is 11.0 Å². The number of hydrogen-bond donors (Lipinski definition) is 1. The van der Waals surface area contributed by atoms with Gasteiger partial charge >= 0.3 is 5.56 Å². The Morgan fingerprint density at radius 1 is 1.36 bits per heavy atom. The van der Waals surface area contributed by atoms with E-state index in [1.54, 1.807) is 24.3 Å². The average molecular weight is 190 g/mol. The minimum Gasteiger partial charge on any atom is -0.404 e. The third-order valence-electron chi connectivity index (χ3n) is 1.73. The van der Waals surface area contributed by atoms with Gasteiger partial charge in [-0.2, -0.15) is 0 Å². The van der Waals surface area contributed by atoms with Gasteiger partial charge in [-0.25, -0.2) is 4.98 Å². The maximum atomic E-state index is 11.2. The van der Waals surface area contributed by atoms with Gasteiger partial charge in [0.25, 0.3) is 12.4 Å². The average Bonchev–Trinajstić information content (AvgIpc) is 2.19. The molecule has 0 saturated carbocycles. The number of H-pyrrole nitrogens is 1. The lowest BCUT2D eigenvalue weighted by Crippen LogP contribution is -2.12. The highest BCUT2D eigenvalue weighted by Gasteiger charge is 2.03. The second kappa shape index (κ2) is 3.29. The number of nitrogens with zero attached hydrogens (tertiary/aromatic N) is 1. The van der Waals surface area contributed by atoms with Gasteiger partial charge < -0.3 is 9.72 Å². The van der Waals surface area contributed by atoms with Crippen molar-refractivity contribution in [3.05, 3.63) is 34.6 Å². The summed E-state index contributed by atoms with van der Waals surface area (Å²) in [6, 6.07) is 6.98. The number of carbonyl (C=O) groups is 1. The molecule has 1 aromatic heterocycles. The molecule has 5 nitrogen and oxygen atoms in total. The van der Waals surface area contributed by atoms with Crippen molar-refractivity contribution >= 4 is 17.5 Å². The summed E-state index contributed by atoms with van der Waals surface area (Å²) >= 11 is 0. The van der Waals surface area contributed by atoms with E-state index in [-0.39, 0.29) is 12.4 Å². The molecule has 1 N–H and O–H groups in total. The van der Waals surface area contributed by atoms with Crippen LogP contribution in [0, 0.1) is 0 Å². The predicted octanol–water partition coefficient (Wildman–Crippen LogP) is 0.458. The van der Waals surface area contributed by atoms with Crippen molar-refractivity contribution in [1.82, 2.24) is 9.97 Å². The quantitative estimate of drug-likeness (QED) is 0.698. The minimum absolute atomic E-state index is 0.173. The third kappa shape index (κ3) is 1.35. The Kier molecular flexibility index (Phi) is 1.98. The fraction of sp³-hybridized carbons (Fsp3) is 0. The van der Waals surface area contributed by atoms with Crippen LogP contribution in [0.3, 0.4) is 0 Å². The number of nitrogens with one attached hydrogen (secondary N) is 1. The molecule has 70 valence electrons. The summed E-state index contributed by atoms with van der Waals surface area (Å²) in [5, 5.41) is 0. The van der Waals surface area contributed by atoms with Gasteiger partial charge in [0.05, 0.1) is 11.0 Å². The van der Waals surface area contributed by atoms with Crippen LogP contribution in [0.4, 0.5) is 0 Å². The maximum absolute atomic E-state index is 11.2. The molecule has 5 heteroatoms. The normalized spacial score (nSPS) is 10.0. The Balaban J connectivity index is 2.70. The van der Waals surface area contributed by atoms with E-state index < -0.39 is 5.56 Å². The van der Waals surface area contributed by atoms with Crippen molar-refractivity contribution in [2.45, 2.75) is 0 Å². The highest BCUT2D eigenvalue weighted by Crippen LogP contribution is 2.08. The molecule has 0 saturated heterocycles. The number of fused-ring (bicyclic) bond motifs is 1. The molecular weight excluding hydrogens is 184 g/mol. The van der Waals surface area contributed by atoms with Crippen molar-refractivity contribution < 1.29 is 9.53 Å². The van der Waals surface area contributed by atoms with Crippen molar-refractivity contribution in [3.63, 3.8) is 0 Å². The van der Waals surface area contributed by atoms with E-state index in [9.17, 15) is 9.59 Å². The van der Waals surface area contributed by atoms with E-state index >= 15 is 0 Å². The molecule has 0 fully saturated rings. The summed E-state index contributed by atoms with van der Waals surface area (Å²) in [7, 11) is 0. The molecule has 0 radical (unpaired) electrons. The van der Waals surface area contributed by atoms with Crippen LogP contribution >= 0.6 is 0 Å². The molecule has 0 unspecified atom stereocenters. The Morgan fingerprint density at radius 2 is 2.14 bits per heavy atom. The molecule has 1 heterocycles. The molecule has 0 aliphatic heterocycles. The summed E-state index contributed by atoms with van der Waals surface area (Å²) in [5.74, 6) is -0.237. The van der Waals surface area contributed by atoms with Gasteiger partial charge in [-0.05, 0) is 12.1 Å². The number of aromatic amines is 1. The minimum atomic E-state index is -0.518. The van der Waals surface area contributed by atoms with Crippen molar-refractivity contribution in [2.75, 3.05) is 0 Å².